The zero-order chi connectivity index (χ0) is 20.5. The molecule has 0 unspecified atom stereocenters. The summed E-state index contributed by atoms with van der Waals surface area (Å²) in [6.45, 7) is 4.27. The van der Waals surface area contributed by atoms with Crippen molar-refractivity contribution in [3.8, 4) is 0 Å². The Balaban J connectivity index is 1.73. The van der Waals surface area contributed by atoms with Crippen LogP contribution in [0.2, 0.25) is 0 Å². The quantitative estimate of drug-likeness (QED) is 0.265. The van der Waals surface area contributed by atoms with Crippen LogP contribution in [0.4, 0.5) is 0 Å². The second kappa shape index (κ2) is 8.22. The van der Waals surface area contributed by atoms with E-state index in [9.17, 15) is 0 Å². The van der Waals surface area contributed by atoms with Crippen LogP contribution in [0.3, 0.4) is 0 Å². The first-order valence-corrected chi connectivity index (χ1v) is 11.7. The lowest BCUT2D eigenvalue weighted by atomic mass is 10.0. The molecule has 0 saturated carbocycles. The highest BCUT2D eigenvalue weighted by Crippen LogP contribution is 2.46. The first-order chi connectivity index (χ1) is 14.7. The molecule has 0 saturated heterocycles. The van der Waals surface area contributed by atoms with E-state index in [4.69, 9.17) is 0 Å². The highest BCUT2D eigenvalue weighted by atomic mass is 32.2. The highest BCUT2D eigenvalue weighted by Gasteiger charge is 2.15. The number of hydrogen-bond donors (Lipinski definition) is 0. The topological polar surface area (TPSA) is 0 Å². The van der Waals surface area contributed by atoms with Crippen LogP contribution in [0.25, 0.3) is 21.5 Å². The number of aryl methyl sites for hydroxylation is 2. The van der Waals surface area contributed by atoms with Crippen LogP contribution in [-0.4, -0.2) is 0 Å². The van der Waals surface area contributed by atoms with E-state index in [-0.39, 0.29) is 0 Å². The van der Waals surface area contributed by atoms with Gasteiger partial charge in [-0.05, 0) is 59.7 Å². The largest absolute Gasteiger partial charge is 0.0888 e. The SMILES string of the molecule is Cc1ccc(Sc2c3ccccc3c(Sc3ccc(C)cc3)c3ccccc23)cc1. The smallest absolute Gasteiger partial charge is 0.0280 e. The summed E-state index contributed by atoms with van der Waals surface area (Å²) >= 11 is 3.73. The van der Waals surface area contributed by atoms with Crippen molar-refractivity contribution >= 4 is 45.1 Å². The van der Waals surface area contributed by atoms with Gasteiger partial charge >= 0.3 is 0 Å². The normalized spacial score (nSPS) is 11.3. The van der Waals surface area contributed by atoms with Gasteiger partial charge in [0.2, 0.25) is 0 Å². The molecule has 146 valence electrons. The molecule has 2 heteroatoms. The predicted octanol–water partition coefficient (Wildman–Crippen LogP) is 8.91. The van der Waals surface area contributed by atoms with Gasteiger partial charge in [-0.2, -0.15) is 0 Å². The second-order valence-electron chi connectivity index (χ2n) is 7.58. The second-order valence-corrected chi connectivity index (χ2v) is 9.75. The summed E-state index contributed by atoms with van der Waals surface area (Å²) in [6.07, 6.45) is 0. The molecule has 0 aliphatic rings. The molecule has 5 aromatic carbocycles. The van der Waals surface area contributed by atoms with Crippen molar-refractivity contribution < 1.29 is 0 Å². The lowest BCUT2D eigenvalue weighted by Gasteiger charge is -2.16. The first kappa shape index (κ1) is 19.3. The van der Waals surface area contributed by atoms with Crippen molar-refractivity contribution in [2.24, 2.45) is 0 Å². The molecule has 0 aliphatic carbocycles. The molecule has 0 fully saturated rings. The third-order valence-corrected chi connectivity index (χ3v) is 7.62. The zero-order valence-corrected chi connectivity index (χ0v) is 18.7. The van der Waals surface area contributed by atoms with Gasteiger partial charge in [-0.25, -0.2) is 0 Å². The molecule has 30 heavy (non-hydrogen) atoms. The third kappa shape index (κ3) is 3.74. The Kier molecular flexibility index (Phi) is 5.28. The van der Waals surface area contributed by atoms with Gasteiger partial charge < -0.3 is 0 Å². The van der Waals surface area contributed by atoms with Gasteiger partial charge in [0.15, 0.2) is 0 Å². The van der Waals surface area contributed by atoms with E-state index in [1.807, 2.05) is 23.5 Å². The zero-order valence-electron chi connectivity index (χ0n) is 17.1. The minimum Gasteiger partial charge on any atom is -0.0888 e. The molecule has 5 rings (SSSR count). The Bertz CT molecular complexity index is 1170. The summed E-state index contributed by atoms with van der Waals surface area (Å²) in [5.41, 5.74) is 2.58. The maximum absolute atomic E-state index is 2.26. The molecule has 0 spiro atoms. The first-order valence-electron chi connectivity index (χ1n) is 10.1. The lowest BCUT2D eigenvalue weighted by molar-refractivity contribution is 1.37. The van der Waals surface area contributed by atoms with Crippen LogP contribution < -0.4 is 0 Å². The van der Waals surface area contributed by atoms with E-state index in [0.717, 1.165) is 0 Å². The number of hydrogen-bond acceptors (Lipinski definition) is 2. The van der Waals surface area contributed by atoms with Gasteiger partial charge in [-0.15, -0.1) is 0 Å². The van der Waals surface area contributed by atoms with E-state index < -0.39 is 0 Å². The maximum Gasteiger partial charge on any atom is 0.0280 e. The van der Waals surface area contributed by atoms with Crippen LogP contribution in [0.5, 0.6) is 0 Å². The van der Waals surface area contributed by atoms with E-state index in [2.05, 4.69) is 111 Å². The fraction of sp³-hybridized carbons (Fsp3) is 0.0714. The van der Waals surface area contributed by atoms with Gasteiger partial charge in [0.1, 0.15) is 0 Å². The third-order valence-electron chi connectivity index (χ3n) is 5.31. The average Bonchev–Trinajstić information content (AvgIpc) is 2.78. The van der Waals surface area contributed by atoms with Crippen molar-refractivity contribution in [1.29, 1.82) is 0 Å². The molecule has 0 atom stereocenters. The Morgan fingerprint density at radius 1 is 0.400 bits per heavy atom. The molecule has 0 aliphatic heterocycles. The van der Waals surface area contributed by atoms with Gasteiger partial charge in [0, 0.05) is 19.6 Å². The van der Waals surface area contributed by atoms with Gasteiger partial charge in [-0.1, -0.05) is 107 Å². The minimum atomic E-state index is 1.27. The molecule has 0 nitrogen and oxygen atoms in total. The summed E-state index contributed by atoms with van der Waals surface area (Å²) in [5, 5.41) is 5.26. The fourth-order valence-electron chi connectivity index (χ4n) is 3.72. The van der Waals surface area contributed by atoms with E-state index in [1.165, 1.54) is 52.3 Å². The fourth-order valence-corrected chi connectivity index (χ4v) is 5.88. The summed E-state index contributed by atoms with van der Waals surface area (Å²) in [5.74, 6) is 0. The monoisotopic (exact) mass is 422 g/mol. The van der Waals surface area contributed by atoms with Crippen LogP contribution in [0.1, 0.15) is 11.1 Å². The standard InChI is InChI=1S/C28H22S2/c1-19-11-15-21(16-12-19)29-27-23-7-3-5-9-25(23)28(26-10-6-4-8-24(26)27)30-22-17-13-20(2)14-18-22/h3-18H,1-2H3. The van der Waals surface area contributed by atoms with Gasteiger partial charge in [-0.3, -0.25) is 0 Å². The molecule has 0 aromatic heterocycles. The highest BCUT2D eigenvalue weighted by molar-refractivity contribution is 8.00. The van der Waals surface area contributed by atoms with E-state index in [1.54, 1.807) is 0 Å². The van der Waals surface area contributed by atoms with Crippen molar-refractivity contribution in [3.63, 3.8) is 0 Å². The van der Waals surface area contributed by atoms with Crippen LogP contribution in [0, 0.1) is 13.8 Å². The average molecular weight is 423 g/mol. The maximum atomic E-state index is 2.26. The van der Waals surface area contributed by atoms with Crippen molar-refractivity contribution in [3.05, 3.63) is 108 Å². The molecular formula is C28H22S2. The van der Waals surface area contributed by atoms with Crippen molar-refractivity contribution in [1.82, 2.24) is 0 Å². The number of rotatable bonds is 4. The van der Waals surface area contributed by atoms with Gasteiger partial charge in [0.25, 0.3) is 0 Å². The number of fused-ring (bicyclic) bond motifs is 2. The Morgan fingerprint density at radius 3 is 1.00 bits per heavy atom. The van der Waals surface area contributed by atoms with E-state index in [0.29, 0.717) is 0 Å². The van der Waals surface area contributed by atoms with E-state index >= 15 is 0 Å². The Hall–Kier alpha value is -2.68. The molecule has 0 radical (unpaired) electrons. The van der Waals surface area contributed by atoms with Crippen molar-refractivity contribution in [2.75, 3.05) is 0 Å². The molecular weight excluding hydrogens is 400 g/mol. The molecule has 5 aromatic rings. The Labute approximate surface area is 186 Å². The summed E-state index contributed by atoms with van der Waals surface area (Å²) in [7, 11) is 0. The van der Waals surface area contributed by atoms with Gasteiger partial charge in [0.05, 0.1) is 0 Å². The minimum absolute atomic E-state index is 1.27. The molecule has 0 heterocycles. The molecule has 0 N–H and O–H groups in total. The molecule has 0 amide bonds. The van der Waals surface area contributed by atoms with Crippen LogP contribution in [-0.2, 0) is 0 Å². The molecule has 0 bridgehead atoms. The lowest BCUT2D eigenvalue weighted by Crippen LogP contribution is -1.88. The predicted molar refractivity (Wildman–Crippen MR) is 132 cm³/mol. The summed E-state index contributed by atoms with van der Waals surface area (Å²) < 4.78 is 0. The Morgan fingerprint density at radius 2 is 0.700 bits per heavy atom. The number of benzene rings is 5. The van der Waals surface area contributed by atoms with Crippen molar-refractivity contribution in [2.45, 2.75) is 33.4 Å². The summed E-state index contributed by atoms with van der Waals surface area (Å²) in [4.78, 5) is 5.21. The van der Waals surface area contributed by atoms with Crippen LogP contribution >= 0.6 is 23.5 Å². The van der Waals surface area contributed by atoms with Crippen LogP contribution in [0.15, 0.2) is 117 Å². The summed E-state index contributed by atoms with van der Waals surface area (Å²) in [6, 6.07) is 35.3.